The van der Waals surface area contributed by atoms with Crippen LogP contribution in [-0.4, -0.2) is 24.3 Å². The lowest BCUT2D eigenvalue weighted by molar-refractivity contribution is -0.148. The normalized spacial score (nSPS) is 12.6. The molecule has 0 radical (unpaired) electrons. The van der Waals surface area contributed by atoms with Crippen molar-refractivity contribution in [2.45, 2.75) is 161 Å². The number of unbranched alkanes of at least 4 members (excludes halogenated alkanes) is 20. The fourth-order valence-corrected chi connectivity index (χ4v) is 4.33. The highest BCUT2D eigenvalue weighted by molar-refractivity contribution is 5.72. The third-order valence-electron chi connectivity index (χ3n) is 6.54. The van der Waals surface area contributed by atoms with Gasteiger partial charge in [0.05, 0.1) is 0 Å². The molecule has 0 aromatic rings. The molecule has 0 saturated carbocycles. The van der Waals surface area contributed by atoms with Gasteiger partial charge in [-0.25, -0.2) is 4.79 Å². The number of methoxy groups -OCH3 is 1. The summed E-state index contributed by atoms with van der Waals surface area (Å²) in [6.45, 7) is 2.27. The van der Waals surface area contributed by atoms with Crippen LogP contribution in [0.15, 0.2) is 12.2 Å². The number of hydrogen-bond donors (Lipinski definition) is 1. The second-order valence-corrected chi connectivity index (χ2v) is 9.62. The first kappa shape index (κ1) is 31.2. The number of allylic oxidation sites excluding steroid dienone is 2. The van der Waals surface area contributed by atoms with Crippen molar-refractivity contribution >= 4 is 5.97 Å². The topological polar surface area (TPSA) is 46.5 Å². The standard InChI is InChI=1S/C29H56O3/c1-3-4-5-6-7-8-9-10-11-12-13-14-15-16-17-18-19-20-21-22-23-24-25-26-27-28(32-2)29(30)31/h8-9,28H,3-7,10-27H2,1-2H3,(H,30,31)/b9-8-/t28-/m1/s1. The maximum absolute atomic E-state index is 10.9. The largest absolute Gasteiger partial charge is 0.479 e. The van der Waals surface area contributed by atoms with Crippen molar-refractivity contribution < 1.29 is 14.6 Å². The first-order chi connectivity index (χ1) is 15.7. The summed E-state index contributed by atoms with van der Waals surface area (Å²) in [6.07, 6.45) is 34.3. The molecule has 190 valence electrons. The molecular formula is C29H56O3. The van der Waals surface area contributed by atoms with Gasteiger partial charge in [0.15, 0.2) is 6.10 Å². The van der Waals surface area contributed by atoms with Gasteiger partial charge in [0, 0.05) is 7.11 Å². The van der Waals surface area contributed by atoms with Crippen LogP contribution in [0.3, 0.4) is 0 Å². The zero-order valence-corrected chi connectivity index (χ0v) is 21.8. The molecule has 1 N–H and O–H groups in total. The number of ether oxygens (including phenoxy) is 1. The third-order valence-corrected chi connectivity index (χ3v) is 6.54. The first-order valence-electron chi connectivity index (χ1n) is 14.1. The molecule has 0 unspecified atom stereocenters. The summed E-state index contributed by atoms with van der Waals surface area (Å²) in [5, 5.41) is 8.93. The van der Waals surface area contributed by atoms with Gasteiger partial charge in [-0.05, 0) is 32.1 Å². The molecule has 3 heteroatoms. The van der Waals surface area contributed by atoms with E-state index in [1.165, 1.54) is 136 Å². The van der Waals surface area contributed by atoms with Crippen LogP contribution in [0.4, 0.5) is 0 Å². The third kappa shape index (κ3) is 23.8. The predicted octanol–water partition coefficient (Wildman–Crippen LogP) is 9.63. The van der Waals surface area contributed by atoms with E-state index in [9.17, 15) is 4.79 Å². The Balaban J connectivity index is 3.13. The Kier molecular flexibility index (Phi) is 25.7. The van der Waals surface area contributed by atoms with Crippen molar-refractivity contribution in [3.63, 3.8) is 0 Å². The van der Waals surface area contributed by atoms with E-state index in [2.05, 4.69) is 19.1 Å². The van der Waals surface area contributed by atoms with E-state index >= 15 is 0 Å². The molecule has 0 spiro atoms. The summed E-state index contributed by atoms with van der Waals surface area (Å²) in [5.41, 5.74) is 0. The first-order valence-corrected chi connectivity index (χ1v) is 14.1. The van der Waals surface area contributed by atoms with Crippen LogP contribution in [0.25, 0.3) is 0 Å². The quantitative estimate of drug-likeness (QED) is 0.105. The molecule has 3 nitrogen and oxygen atoms in total. The van der Waals surface area contributed by atoms with Crippen molar-refractivity contribution in [2.24, 2.45) is 0 Å². The average Bonchev–Trinajstić information content (AvgIpc) is 2.79. The average molecular weight is 453 g/mol. The van der Waals surface area contributed by atoms with Crippen molar-refractivity contribution in [3.05, 3.63) is 12.2 Å². The molecule has 32 heavy (non-hydrogen) atoms. The minimum absolute atomic E-state index is 0.618. The van der Waals surface area contributed by atoms with Crippen LogP contribution in [-0.2, 0) is 9.53 Å². The van der Waals surface area contributed by atoms with Crippen LogP contribution in [0.2, 0.25) is 0 Å². The summed E-state index contributed by atoms with van der Waals surface area (Å²) in [5.74, 6) is -0.834. The number of hydrogen-bond acceptors (Lipinski definition) is 2. The van der Waals surface area contributed by atoms with E-state index in [1.807, 2.05) is 0 Å². The monoisotopic (exact) mass is 452 g/mol. The molecule has 1 atom stereocenters. The van der Waals surface area contributed by atoms with Crippen LogP contribution in [0, 0.1) is 0 Å². The number of carboxylic acid groups (broad SMARTS) is 1. The summed E-state index contributed by atoms with van der Waals surface area (Å²) in [7, 11) is 1.48. The Morgan fingerprint density at radius 3 is 1.31 bits per heavy atom. The molecule has 0 aliphatic heterocycles. The summed E-state index contributed by atoms with van der Waals surface area (Å²) >= 11 is 0. The smallest absolute Gasteiger partial charge is 0.332 e. The van der Waals surface area contributed by atoms with Gasteiger partial charge in [0.2, 0.25) is 0 Å². The molecule has 0 fully saturated rings. The number of carboxylic acids is 1. The molecule has 0 aliphatic carbocycles. The highest BCUT2D eigenvalue weighted by Gasteiger charge is 2.14. The van der Waals surface area contributed by atoms with Gasteiger partial charge in [-0.3, -0.25) is 0 Å². The summed E-state index contributed by atoms with van der Waals surface area (Å²) in [4.78, 5) is 10.9. The van der Waals surface area contributed by atoms with Crippen LogP contribution >= 0.6 is 0 Å². The van der Waals surface area contributed by atoms with Gasteiger partial charge < -0.3 is 9.84 Å². The van der Waals surface area contributed by atoms with E-state index in [4.69, 9.17) is 9.84 Å². The van der Waals surface area contributed by atoms with Gasteiger partial charge >= 0.3 is 5.97 Å². The Hall–Kier alpha value is -0.830. The zero-order chi connectivity index (χ0) is 23.5. The Labute approximate surface area is 200 Å². The van der Waals surface area contributed by atoms with Crippen LogP contribution in [0.1, 0.15) is 155 Å². The molecule has 0 aromatic carbocycles. The lowest BCUT2D eigenvalue weighted by Gasteiger charge is -2.09. The summed E-state index contributed by atoms with van der Waals surface area (Å²) < 4.78 is 4.96. The molecule has 0 heterocycles. The van der Waals surface area contributed by atoms with Gasteiger partial charge in [-0.2, -0.15) is 0 Å². The highest BCUT2D eigenvalue weighted by atomic mass is 16.5. The second kappa shape index (κ2) is 26.4. The van der Waals surface area contributed by atoms with Crippen LogP contribution < -0.4 is 0 Å². The SMILES string of the molecule is CCCCCC/C=C\CCCCCCCCCCCCCCCCCC[C@@H](OC)C(=O)O. The summed E-state index contributed by atoms with van der Waals surface area (Å²) in [6, 6.07) is 0. The van der Waals surface area contributed by atoms with E-state index in [0.29, 0.717) is 6.42 Å². The molecule has 0 aliphatic rings. The Bertz CT molecular complexity index is 405. The Morgan fingerprint density at radius 1 is 0.625 bits per heavy atom. The fraction of sp³-hybridized carbons (Fsp3) is 0.897. The molecule has 0 aromatic heterocycles. The molecule has 0 rings (SSSR count). The minimum atomic E-state index is -0.834. The zero-order valence-electron chi connectivity index (χ0n) is 21.8. The highest BCUT2D eigenvalue weighted by Crippen LogP contribution is 2.15. The van der Waals surface area contributed by atoms with Crippen LogP contribution in [0.5, 0.6) is 0 Å². The minimum Gasteiger partial charge on any atom is -0.479 e. The van der Waals surface area contributed by atoms with E-state index in [1.54, 1.807) is 0 Å². The van der Waals surface area contributed by atoms with Gasteiger partial charge in [0.25, 0.3) is 0 Å². The number of rotatable bonds is 26. The fourth-order valence-electron chi connectivity index (χ4n) is 4.33. The molecule has 0 amide bonds. The van der Waals surface area contributed by atoms with Gasteiger partial charge in [-0.1, -0.05) is 135 Å². The lowest BCUT2D eigenvalue weighted by atomic mass is 10.0. The maximum atomic E-state index is 10.9. The van der Waals surface area contributed by atoms with E-state index in [-0.39, 0.29) is 0 Å². The van der Waals surface area contributed by atoms with Gasteiger partial charge in [-0.15, -0.1) is 0 Å². The van der Waals surface area contributed by atoms with Crippen molar-refractivity contribution in [1.29, 1.82) is 0 Å². The van der Waals surface area contributed by atoms with E-state index in [0.717, 1.165) is 12.8 Å². The Morgan fingerprint density at radius 2 is 0.969 bits per heavy atom. The molecular weight excluding hydrogens is 396 g/mol. The molecule has 0 bridgehead atoms. The van der Waals surface area contributed by atoms with Crippen molar-refractivity contribution in [2.75, 3.05) is 7.11 Å². The van der Waals surface area contributed by atoms with Crippen molar-refractivity contribution in [1.82, 2.24) is 0 Å². The van der Waals surface area contributed by atoms with E-state index < -0.39 is 12.1 Å². The predicted molar refractivity (Wildman–Crippen MR) is 139 cm³/mol. The van der Waals surface area contributed by atoms with Crippen molar-refractivity contribution in [3.8, 4) is 0 Å². The maximum Gasteiger partial charge on any atom is 0.332 e. The lowest BCUT2D eigenvalue weighted by Crippen LogP contribution is -2.21. The second-order valence-electron chi connectivity index (χ2n) is 9.62. The van der Waals surface area contributed by atoms with Gasteiger partial charge in [0.1, 0.15) is 0 Å². The number of aliphatic carboxylic acids is 1. The molecule has 0 saturated heterocycles. The number of carbonyl (C=O) groups is 1.